The van der Waals surface area contributed by atoms with E-state index in [9.17, 15) is 14.7 Å². The molecule has 0 saturated carbocycles. The summed E-state index contributed by atoms with van der Waals surface area (Å²) in [5, 5.41) is 15.0. The molecule has 5 heteroatoms. The fraction of sp³-hybridized carbons (Fsp3) is 0.300. The third-order valence-corrected chi connectivity index (χ3v) is 4.01. The van der Waals surface area contributed by atoms with Crippen molar-refractivity contribution in [3.63, 3.8) is 0 Å². The maximum absolute atomic E-state index is 12.5. The van der Waals surface area contributed by atoms with E-state index in [0.29, 0.717) is 12.0 Å². The van der Waals surface area contributed by atoms with E-state index in [1.807, 2.05) is 43.3 Å². The van der Waals surface area contributed by atoms with Crippen LogP contribution in [-0.4, -0.2) is 29.6 Å². The van der Waals surface area contributed by atoms with E-state index >= 15 is 0 Å². The van der Waals surface area contributed by atoms with Crippen LogP contribution >= 0.6 is 0 Å². The third-order valence-electron chi connectivity index (χ3n) is 4.01. The molecule has 0 radical (unpaired) electrons. The highest BCUT2D eigenvalue weighted by Gasteiger charge is 2.20. The predicted molar refractivity (Wildman–Crippen MR) is 97.0 cm³/mol. The van der Waals surface area contributed by atoms with Crippen molar-refractivity contribution in [1.29, 1.82) is 0 Å². The normalized spacial score (nSPS) is 12.9. The summed E-state index contributed by atoms with van der Waals surface area (Å²) in [7, 11) is 0. The van der Waals surface area contributed by atoms with Gasteiger partial charge >= 0.3 is 0 Å². The minimum Gasteiger partial charge on any atom is -0.394 e. The van der Waals surface area contributed by atoms with Gasteiger partial charge in [-0.25, -0.2) is 0 Å². The molecule has 2 rings (SSSR count). The van der Waals surface area contributed by atoms with E-state index in [4.69, 9.17) is 0 Å². The van der Waals surface area contributed by atoms with Gasteiger partial charge < -0.3 is 15.7 Å². The highest BCUT2D eigenvalue weighted by Crippen LogP contribution is 2.17. The third kappa shape index (κ3) is 5.72. The van der Waals surface area contributed by atoms with Gasteiger partial charge in [-0.1, -0.05) is 55.5 Å². The average Bonchev–Trinajstić information content (AvgIpc) is 2.67. The number of amides is 2. The molecule has 0 aliphatic carbocycles. The minimum atomic E-state index is -0.440. The van der Waals surface area contributed by atoms with E-state index in [0.717, 1.165) is 5.56 Å². The van der Waals surface area contributed by atoms with Gasteiger partial charge in [0, 0.05) is 5.56 Å². The van der Waals surface area contributed by atoms with Crippen LogP contribution in [0.15, 0.2) is 60.7 Å². The molecule has 0 saturated heterocycles. The van der Waals surface area contributed by atoms with Crippen LogP contribution in [0.3, 0.4) is 0 Å². The first-order valence-corrected chi connectivity index (χ1v) is 8.45. The minimum absolute atomic E-state index is 0.103. The summed E-state index contributed by atoms with van der Waals surface area (Å²) in [5.74, 6) is -0.431. The number of carbonyl (C=O) groups excluding carboxylic acids is 2. The number of aliphatic hydroxyl groups excluding tert-OH is 1. The van der Waals surface area contributed by atoms with Crippen molar-refractivity contribution < 1.29 is 14.7 Å². The first-order chi connectivity index (χ1) is 12.1. The van der Waals surface area contributed by atoms with Crippen LogP contribution in [0.25, 0.3) is 0 Å². The van der Waals surface area contributed by atoms with E-state index in [1.54, 1.807) is 24.3 Å². The summed E-state index contributed by atoms with van der Waals surface area (Å²) in [4.78, 5) is 24.8. The fourth-order valence-electron chi connectivity index (χ4n) is 2.52. The summed E-state index contributed by atoms with van der Waals surface area (Å²) >= 11 is 0. The Morgan fingerprint density at radius 1 is 0.960 bits per heavy atom. The lowest BCUT2D eigenvalue weighted by atomic mass is 10.0. The zero-order valence-electron chi connectivity index (χ0n) is 14.3. The molecule has 2 aromatic carbocycles. The van der Waals surface area contributed by atoms with Crippen molar-refractivity contribution in [2.75, 3.05) is 6.61 Å². The van der Waals surface area contributed by atoms with E-state index in [2.05, 4.69) is 10.6 Å². The maximum Gasteiger partial charge on any atom is 0.251 e. The van der Waals surface area contributed by atoms with Crippen molar-refractivity contribution >= 4 is 11.8 Å². The average molecular weight is 340 g/mol. The molecule has 2 aromatic rings. The van der Waals surface area contributed by atoms with Crippen LogP contribution < -0.4 is 10.6 Å². The molecular formula is C20H24N2O3. The van der Waals surface area contributed by atoms with Crippen LogP contribution in [0.4, 0.5) is 0 Å². The topological polar surface area (TPSA) is 78.4 Å². The Balaban J connectivity index is 2.11. The molecule has 0 spiro atoms. The van der Waals surface area contributed by atoms with E-state index in [-0.39, 0.29) is 30.9 Å². The molecule has 2 unspecified atom stereocenters. The number of benzene rings is 2. The second-order valence-corrected chi connectivity index (χ2v) is 5.86. The van der Waals surface area contributed by atoms with Crippen molar-refractivity contribution in [2.24, 2.45) is 0 Å². The molecular weight excluding hydrogens is 316 g/mol. The van der Waals surface area contributed by atoms with Gasteiger partial charge in [0.05, 0.1) is 25.1 Å². The lowest BCUT2D eigenvalue weighted by Gasteiger charge is -2.21. The Labute approximate surface area is 148 Å². The second-order valence-electron chi connectivity index (χ2n) is 5.86. The number of hydrogen-bond acceptors (Lipinski definition) is 3. The lowest BCUT2D eigenvalue weighted by molar-refractivity contribution is -0.122. The first kappa shape index (κ1) is 18.7. The van der Waals surface area contributed by atoms with Crippen molar-refractivity contribution in [2.45, 2.75) is 31.8 Å². The standard InChI is InChI=1S/C20H24N2O3/c1-2-17(14-23)21-19(24)13-18(15-9-5-3-6-10-15)22-20(25)16-11-7-4-8-12-16/h3-12,17-18,23H,2,13-14H2,1H3,(H,21,24)(H,22,25). The zero-order valence-corrected chi connectivity index (χ0v) is 14.3. The summed E-state index contributed by atoms with van der Waals surface area (Å²) in [5.41, 5.74) is 1.41. The number of rotatable bonds is 8. The Hall–Kier alpha value is -2.66. The SMILES string of the molecule is CCC(CO)NC(=O)CC(NC(=O)c1ccccc1)c1ccccc1. The molecule has 3 N–H and O–H groups in total. The Morgan fingerprint density at radius 3 is 2.12 bits per heavy atom. The Morgan fingerprint density at radius 2 is 1.56 bits per heavy atom. The van der Waals surface area contributed by atoms with Crippen molar-refractivity contribution in [3.8, 4) is 0 Å². The van der Waals surface area contributed by atoms with Gasteiger partial charge in [-0.3, -0.25) is 9.59 Å². The quantitative estimate of drug-likeness (QED) is 0.691. The van der Waals surface area contributed by atoms with E-state index in [1.165, 1.54) is 0 Å². The smallest absolute Gasteiger partial charge is 0.251 e. The summed E-state index contributed by atoms with van der Waals surface area (Å²) in [6, 6.07) is 17.6. The van der Waals surface area contributed by atoms with Gasteiger partial charge in [-0.05, 0) is 24.1 Å². The fourth-order valence-corrected chi connectivity index (χ4v) is 2.52. The van der Waals surface area contributed by atoms with Crippen molar-refractivity contribution in [1.82, 2.24) is 10.6 Å². The van der Waals surface area contributed by atoms with Gasteiger partial charge in [0.1, 0.15) is 0 Å². The molecule has 0 bridgehead atoms. The number of aliphatic hydroxyl groups is 1. The molecule has 2 amide bonds. The van der Waals surface area contributed by atoms with Crippen LogP contribution in [-0.2, 0) is 4.79 Å². The zero-order chi connectivity index (χ0) is 18.1. The monoisotopic (exact) mass is 340 g/mol. The van der Waals surface area contributed by atoms with Gasteiger partial charge in [0.25, 0.3) is 5.91 Å². The highest BCUT2D eigenvalue weighted by atomic mass is 16.3. The first-order valence-electron chi connectivity index (χ1n) is 8.45. The molecule has 0 aliphatic heterocycles. The molecule has 132 valence electrons. The molecule has 0 aliphatic rings. The molecule has 25 heavy (non-hydrogen) atoms. The number of nitrogens with one attached hydrogen (secondary N) is 2. The summed E-state index contributed by atoms with van der Waals surface area (Å²) in [6.45, 7) is 1.79. The van der Waals surface area contributed by atoms with Crippen LogP contribution in [0.2, 0.25) is 0 Å². The van der Waals surface area contributed by atoms with E-state index < -0.39 is 6.04 Å². The van der Waals surface area contributed by atoms with Crippen LogP contribution in [0.1, 0.15) is 41.7 Å². The Bertz CT molecular complexity index is 670. The lowest BCUT2D eigenvalue weighted by Crippen LogP contribution is -2.39. The summed E-state index contributed by atoms with van der Waals surface area (Å²) < 4.78 is 0. The van der Waals surface area contributed by atoms with Gasteiger partial charge in [-0.15, -0.1) is 0 Å². The molecule has 0 heterocycles. The van der Waals surface area contributed by atoms with Crippen molar-refractivity contribution in [3.05, 3.63) is 71.8 Å². The highest BCUT2D eigenvalue weighted by molar-refractivity contribution is 5.94. The Kier molecular flexibility index (Phi) is 7.16. The van der Waals surface area contributed by atoms with Gasteiger partial charge in [0.15, 0.2) is 0 Å². The maximum atomic E-state index is 12.5. The predicted octanol–water partition coefficient (Wildman–Crippen LogP) is 2.43. The molecule has 2 atom stereocenters. The summed E-state index contributed by atoms with van der Waals surface area (Å²) in [6.07, 6.45) is 0.758. The van der Waals surface area contributed by atoms with Gasteiger partial charge in [0.2, 0.25) is 5.91 Å². The molecule has 5 nitrogen and oxygen atoms in total. The van der Waals surface area contributed by atoms with Gasteiger partial charge in [-0.2, -0.15) is 0 Å². The number of hydrogen-bond donors (Lipinski definition) is 3. The van der Waals surface area contributed by atoms with Crippen LogP contribution in [0, 0.1) is 0 Å². The second kappa shape index (κ2) is 9.59. The largest absolute Gasteiger partial charge is 0.394 e. The van der Waals surface area contributed by atoms with Crippen LogP contribution in [0.5, 0.6) is 0 Å². The molecule has 0 aromatic heterocycles. The molecule has 0 fully saturated rings. The number of carbonyl (C=O) groups is 2.